The molecule has 0 saturated carbocycles. The van der Waals surface area contributed by atoms with Crippen LogP contribution in [0, 0.1) is 5.92 Å². The summed E-state index contributed by atoms with van der Waals surface area (Å²) in [7, 11) is 0. The highest BCUT2D eigenvalue weighted by Crippen LogP contribution is 2.38. The summed E-state index contributed by atoms with van der Waals surface area (Å²) in [5, 5.41) is 3.47. The summed E-state index contributed by atoms with van der Waals surface area (Å²) in [5.41, 5.74) is 4.89. The summed E-state index contributed by atoms with van der Waals surface area (Å²) in [6, 6.07) is 25.9. The molecule has 3 aromatic carbocycles. The van der Waals surface area contributed by atoms with Gasteiger partial charge in [-0.3, -0.25) is 4.79 Å². The van der Waals surface area contributed by atoms with Crippen LogP contribution < -0.4 is 5.32 Å². The second kappa shape index (κ2) is 11.1. The lowest BCUT2D eigenvalue weighted by molar-refractivity contribution is -0.144. The average Bonchev–Trinajstić information content (AvgIpc) is 3.43. The smallest absolute Gasteiger partial charge is 0.338 e. The van der Waals surface area contributed by atoms with E-state index in [-0.39, 0.29) is 29.8 Å². The largest absolute Gasteiger partial charge is 0.462 e. The number of ether oxygens (including phenoxy) is 2. The Morgan fingerprint density at radius 1 is 0.972 bits per heavy atom. The summed E-state index contributed by atoms with van der Waals surface area (Å²) >= 11 is 0. The molecule has 0 aromatic heterocycles. The van der Waals surface area contributed by atoms with Gasteiger partial charge in [-0.1, -0.05) is 66.7 Å². The molecule has 0 bridgehead atoms. The van der Waals surface area contributed by atoms with E-state index in [1.165, 1.54) is 0 Å². The topological polar surface area (TPSA) is 67.9 Å². The van der Waals surface area contributed by atoms with Gasteiger partial charge in [0, 0.05) is 25.6 Å². The number of amides is 1. The summed E-state index contributed by atoms with van der Waals surface area (Å²) in [6.07, 6.45) is 0. The molecule has 2 aliphatic rings. The standard InChI is InChI=1S/C30H32N2O4/c1-2-36-30(34)23-14-12-21(13-15-23)24-10-6-7-11-25(24)26-18-31-19-27(26)29(33)32-16-17-35-20-28(32)22-8-4-3-5-9-22/h3-15,26-28,31H,2,16-20H2,1H3/t26?,27-,28-/m1/s1. The summed E-state index contributed by atoms with van der Waals surface area (Å²) in [5.74, 6) is -0.247. The predicted molar refractivity (Wildman–Crippen MR) is 139 cm³/mol. The maximum atomic E-state index is 14.0. The molecule has 0 aliphatic carbocycles. The van der Waals surface area contributed by atoms with Crippen molar-refractivity contribution in [1.29, 1.82) is 0 Å². The monoisotopic (exact) mass is 484 g/mol. The van der Waals surface area contributed by atoms with E-state index < -0.39 is 0 Å². The molecule has 2 saturated heterocycles. The van der Waals surface area contributed by atoms with E-state index in [0.29, 0.717) is 38.5 Å². The Bertz CT molecular complexity index is 1200. The molecule has 6 nitrogen and oxygen atoms in total. The van der Waals surface area contributed by atoms with E-state index in [1.54, 1.807) is 19.1 Å². The van der Waals surface area contributed by atoms with Crippen molar-refractivity contribution in [2.45, 2.75) is 18.9 Å². The number of hydrogen-bond donors (Lipinski definition) is 1. The van der Waals surface area contributed by atoms with Gasteiger partial charge in [0.2, 0.25) is 5.91 Å². The number of morpholine rings is 1. The zero-order chi connectivity index (χ0) is 24.9. The van der Waals surface area contributed by atoms with Gasteiger partial charge in [-0.15, -0.1) is 0 Å². The number of benzene rings is 3. The zero-order valence-corrected chi connectivity index (χ0v) is 20.6. The molecule has 6 heteroatoms. The maximum absolute atomic E-state index is 14.0. The average molecular weight is 485 g/mol. The van der Waals surface area contributed by atoms with Gasteiger partial charge < -0.3 is 19.7 Å². The van der Waals surface area contributed by atoms with Gasteiger partial charge in [-0.25, -0.2) is 4.79 Å². The van der Waals surface area contributed by atoms with Crippen LogP contribution in [0.15, 0.2) is 78.9 Å². The molecule has 0 spiro atoms. The van der Waals surface area contributed by atoms with E-state index in [2.05, 4.69) is 29.6 Å². The minimum absolute atomic E-state index is 0.0534. The number of carbonyl (C=O) groups excluding carboxylic acids is 2. The molecule has 0 radical (unpaired) electrons. The third-order valence-corrected chi connectivity index (χ3v) is 7.19. The molecule has 1 N–H and O–H groups in total. The van der Waals surface area contributed by atoms with Crippen LogP contribution in [0.2, 0.25) is 0 Å². The Morgan fingerprint density at radius 3 is 2.50 bits per heavy atom. The fourth-order valence-corrected chi connectivity index (χ4v) is 5.38. The van der Waals surface area contributed by atoms with Gasteiger partial charge in [0.05, 0.1) is 37.3 Å². The zero-order valence-electron chi connectivity index (χ0n) is 20.6. The van der Waals surface area contributed by atoms with Gasteiger partial charge in [0.15, 0.2) is 0 Å². The maximum Gasteiger partial charge on any atom is 0.338 e. The first-order chi connectivity index (χ1) is 17.7. The highest BCUT2D eigenvalue weighted by atomic mass is 16.5. The highest BCUT2D eigenvalue weighted by molar-refractivity contribution is 5.90. The first-order valence-electron chi connectivity index (χ1n) is 12.7. The van der Waals surface area contributed by atoms with Crippen LogP contribution in [0.4, 0.5) is 0 Å². The van der Waals surface area contributed by atoms with Crippen molar-refractivity contribution in [3.8, 4) is 11.1 Å². The second-order valence-corrected chi connectivity index (χ2v) is 9.29. The Kier molecular flexibility index (Phi) is 7.44. The van der Waals surface area contributed by atoms with Crippen LogP contribution in [0.3, 0.4) is 0 Å². The molecule has 2 heterocycles. The number of nitrogens with zero attached hydrogens (tertiary/aromatic N) is 1. The Hall–Kier alpha value is -3.48. The van der Waals surface area contributed by atoms with Crippen LogP contribution in [0.5, 0.6) is 0 Å². The lowest BCUT2D eigenvalue weighted by atomic mass is 9.83. The Labute approximate surface area is 212 Å². The lowest BCUT2D eigenvalue weighted by Gasteiger charge is -2.38. The number of carbonyl (C=O) groups is 2. The van der Waals surface area contributed by atoms with Gasteiger partial charge in [0.25, 0.3) is 0 Å². The Morgan fingerprint density at radius 2 is 1.72 bits per heavy atom. The van der Waals surface area contributed by atoms with Crippen molar-refractivity contribution in [3.05, 3.63) is 95.6 Å². The van der Waals surface area contributed by atoms with Crippen LogP contribution in [-0.4, -0.2) is 56.2 Å². The summed E-state index contributed by atoms with van der Waals surface area (Å²) in [6.45, 7) is 5.22. The van der Waals surface area contributed by atoms with E-state index in [4.69, 9.17) is 9.47 Å². The third-order valence-electron chi connectivity index (χ3n) is 7.19. The summed E-state index contributed by atoms with van der Waals surface area (Å²) in [4.78, 5) is 28.1. The fourth-order valence-electron chi connectivity index (χ4n) is 5.38. The molecule has 3 atom stereocenters. The van der Waals surface area contributed by atoms with E-state index >= 15 is 0 Å². The number of rotatable bonds is 6. The van der Waals surface area contributed by atoms with Gasteiger partial charge in [-0.05, 0) is 41.3 Å². The van der Waals surface area contributed by atoms with Crippen molar-refractivity contribution in [1.82, 2.24) is 10.2 Å². The summed E-state index contributed by atoms with van der Waals surface area (Å²) < 4.78 is 10.9. The molecule has 1 amide bonds. The number of esters is 1. The van der Waals surface area contributed by atoms with Gasteiger partial charge in [-0.2, -0.15) is 0 Å². The van der Waals surface area contributed by atoms with Crippen molar-refractivity contribution in [3.63, 3.8) is 0 Å². The molecule has 1 unspecified atom stereocenters. The molecule has 5 rings (SSSR count). The van der Waals surface area contributed by atoms with Crippen LogP contribution in [-0.2, 0) is 14.3 Å². The quantitative estimate of drug-likeness (QED) is 0.524. The van der Waals surface area contributed by atoms with E-state index in [9.17, 15) is 9.59 Å². The second-order valence-electron chi connectivity index (χ2n) is 9.29. The number of hydrogen-bond acceptors (Lipinski definition) is 5. The Balaban J connectivity index is 1.42. The number of nitrogens with one attached hydrogen (secondary N) is 1. The molecular formula is C30H32N2O4. The molecule has 3 aromatic rings. The highest BCUT2D eigenvalue weighted by Gasteiger charge is 2.40. The lowest BCUT2D eigenvalue weighted by Crippen LogP contribution is -2.47. The van der Waals surface area contributed by atoms with Crippen molar-refractivity contribution in [2.75, 3.05) is 39.5 Å². The SMILES string of the molecule is CCOC(=O)c1ccc(-c2ccccc2C2CNC[C@H]2C(=O)N2CCOC[C@@H]2c2ccccc2)cc1. The predicted octanol–water partition coefficient (Wildman–Crippen LogP) is 4.43. The van der Waals surface area contributed by atoms with Gasteiger partial charge >= 0.3 is 5.97 Å². The molecule has 2 fully saturated rings. The fraction of sp³-hybridized carbons (Fsp3) is 0.333. The first-order valence-corrected chi connectivity index (χ1v) is 12.7. The first kappa shape index (κ1) is 24.2. The van der Waals surface area contributed by atoms with Crippen LogP contribution in [0.25, 0.3) is 11.1 Å². The normalized spacial score (nSPS) is 21.8. The minimum Gasteiger partial charge on any atom is -0.462 e. The third kappa shape index (κ3) is 4.92. The molecule has 2 aliphatic heterocycles. The van der Waals surface area contributed by atoms with E-state index in [1.807, 2.05) is 47.4 Å². The van der Waals surface area contributed by atoms with Crippen LogP contribution >= 0.6 is 0 Å². The van der Waals surface area contributed by atoms with Crippen molar-refractivity contribution < 1.29 is 19.1 Å². The molecule has 186 valence electrons. The molecule has 36 heavy (non-hydrogen) atoms. The van der Waals surface area contributed by atoms with Crippen molar-refractivity contribution in [2.24, 2.45) is 5.92 Å². The minimum atomic E-state index is -0.318. The van der Waals surface area contributed by atoms with E-state index in [0.717, 1.165) is 28.8 Å². The van der Waals surface area contributed by atoms with Crippen LogP contribution in [0.1, 0.15) is 40.4 Å². The van der Waals surface area contributed by atoms with Gasteiger partial charge in [0.1, 0.15) is 0 Å². The molecular weight excluding hydrogens is 452 g/mol. The van der Waals surface area contributed by atoms with Crippen molar-refractivity contribution >= 4 is 11.9 Å².